The van der Waals surface area contributed by atoms with E-state index in [2.05, 4.69) is 25.1 Å². The number of aromatic nitrogens is 4. The number of benzene rings is 1. The number of nitrogens with one attached hydrogen (secondary N) is 1. The molecule has 0 aliphatic carbocycles. The van der Waals surface area contributed by atoms with Crippen molar-refractivity contribution in [3.63, 3.8) is 0 Å². The maximum Gasteiger partial charge on any atom is 0.251 e. The van der Waals surface area contributed by atoms with Gasteiger partial charge in [-0.1, -0.05) is 0 Å². The highest BCUT2D eigenvalue weighted by Gasteiger charge is 2.21. The highest BCUT2D eigenvalue weighted by atomic mass is 16.5. The van der Waals surface area contributed by atoms with E-state index in [0.29, 0.717) is 11.2 Å². The van der Waals surface area contributed by atoms with Gasteiger partial charge in [0.05, 0.1) is 23.7 Å². The third-order valence-electron chi connectivity index (χ3n) is 4.74. The van der Waals surface area contributed by atoms with Crippen molar-refractivity contribution in [3.05, 3.63) is 29.6 Å². The number of amides is 1. The second-order valence-electron chi connectivity index (χ2n) is 7.14. The average Bonchev–Trinajstić information content (AvgIpc) is 3.22. The number of fused-ring (bicyclic) bond motifs is 3. The van der Waals surface area contributed by atoms with Crippen LogP contribution in [0.25, 0.3) is 22.1 Å². The normalized spacial score (nSPS) is 17.5. The minimum absolute atomic E-state index is 0.0843. The number of carbonyl (C=O) groups is 1. The lowest BCUT2D eigenvalue weighted by Gasteiger charge is -2.14. The molecule has 1 aliphatic heterocycles. The second kappa shape index (κ2) is 6.64. The summed E-state index contributed by atoms with van der Waals surface area (Å²) in [6.07, 6.45) is 2.34. The first-order valence-corrected chi connectivity index (χ1v) is 9.08. The van der Waals surface area contributed by atoms with Gasteiger partial charge in [0, 0.05) is 23.6 Å². The maximum atomic E-state index is 12.4. The summed E-state index contributed by atoms with van der Waals surface area (Å²) in [4.78, 5) is 17.0. The third kappa shape index (κ3) is 3.03. The molecule has 26 heavy (non-hydrogen) atoms. The Hall–Kier alpha value is -2.54. The lowest BCUT2D eigenvalue weighted by molar-refractivity contribution is 0.0942. The van der Waals surface area contributed by atoms with Gasteiger partial charge in [-0.15, -0.1) is 10.2 Å². The van der Waals surface area contributed by atoms with Crippen molar-refractivity contribution in [1.29, 1.82) is 0 Å². The first-order chi connectivity index (χ1) is 12.5. The number of aryl methyl sites for hydroxylation is 1. The highest BCUT2D eigenvalue weighted by molar-refractivity contribution is 6.05. The Morgan fingerprint density at radius 2 is 2.23 bits per heavy atom. The smallest absolute Gasteiger partial charge is 0.251 e. The molecule has 1 N–H and O–H groups in total. The van der Waals surface area contributed by atoms with E-state index in [1.807, 2.05) is 32.9 Å². The number of hydrogen-bond acceptors (Lipinski definition) is 5. The summed E-state index contributed by atoms with van der Waals surface area (Å²) >= 11 is 0. The van der Waals surface area contributed by atoms with Crippen LogP contribution in [0.3, 0.4) is 0 Å². The Balaban J connectivity index is 1.84. The van der Waals surface area contributed by atoms with Gasteiger partial charge in [-0.05, 0) is 51.8 Å². The van der Waals surface area contributed by atoms with Crippen LogP contribution in [0.4, 0.5) is 0 Å². The maximum absolute atomic E-state index is 12.4. The fourth-order valence-corrected chi connectivity index (χ4v) is 3.50. The number of nitrogens with zero attached hydrogens (tertiary/aromatic N) is 4. The minimum Gasteiger partial charge on any atom is -0.376 e. The Kier molecular flexibility index (Phi) is 4.32. The van der Waals surface area contributed by atoms with E-state index < -0.39 is 0 Å². The van der Waals surface area contributed by atoms with Crippen LogP contribution in [0.5, 0.6) is 0 Å². The number of hydrogen-bond donors (Lipinski definition) is 1. The van der Waals surface area contributed by atoms with E-state index in [4.69, 9.17) is 4.74 Å². The summed E-state index contributed by atoms with van der Waals surface area (Å²) in [5, 5.41) is 12.4. The summed E-state index contributed by atoms with van der Waals surface area (Å²) in [6, 6.07) is 5.60. The first kappa shape index (κ1) is 16.9. The van der Waals surface area contributed by atoms with E-state index in [1.165, 1.54) is 0 Å². The molecule has 7 nitrogen and oxygen atoms in total. The zero-order valence-electron chi connectivity index (χ0n) is 15.3. The topological polar surface area (TPSA) is 81.9 Å². The molecule has 7 heteroatoms. The van der Waals surface area contributed by atoms with Crippen LogP contribution >= 0.6 is 0 Å². The third-order valence-corrected chi connectivity index (χ3v) is 4.74. The Bertz CT molecular complexity index is 973. The monoisotopic (exact) mass is 353 g/mol. The summed E-state index contributed by atoms with van der Waals surface area (Å²) in [6.45, 7) is 7.42. The quantitative estimate of drug-likeness (QED) is 0.780. The van der Waals surface area contributed by atoms with E-state index >= 15 is 0 Å². The zero-order valence-corrected chi connectivity index (χ0v) is 15.3. The van der Waals surface area contributed by atoms with Crippen molar-refractivity contribution in [2.45, 2.75) is 52.3 Å². The predicted octanol–water partition coefficient (Wildman–Crippen LogP) is 2.61. The lowest BCUT2D eigenvalue weighted by atomic mass is 10.1. The number of imidazole rings is 1. The molecule has 3 heterocycles. The molecular weight excluding hydrogens is 330 g/mol. The largest absolute Gasteiger partial charge is 0.376 e. The van der Waals surface area contributed by atoms with Gasteiger partial charge >= 0.3 is 0 Å². The van der Waals surface area contributed by atoms with Crippen LogP contribution < -0.4 is 5.32 Å². The van der Waals surface area contributed by atoms with Gasteiger partial charge in [0.25, 0.3) is 5.91 Å². The number of rotatable bonds is 4. The molecule has 1 fully saturated rings. The molecule has 0 spiro atoms. The van der Waals surface area contributed by atoms with Crippen LogP contribution in [0.15, 0.2) is 18.2 Å². The molecule has 0 radical (unpaired) electrons. The molecule has 0 bridgehead atoms. The van der Waals surface area contributed by atoms with Gasteiger partial charge < -0.3 is 14.6 Å². The summed E-state index contributed by atoms with van der Waals surface area (Å²) < 4.78 is 7.94. The summed E-state index contributed by atoms with van der Waals surface area (Å²) in [5.74, 6) is 0.795. The molecule has 1 aromatic carbocycles. The second-order valence-corrected chi connectivity index (χ2v) is 7.14. The van der Waals surface area contributed by atoms with Crippen LogP contribution in [0.1, 0.15) is 42.9 Å². The Morgan fingerprint density at radius 3 is 2.96 bits per heavy atom. The SMILES string of the molecule is Cc1nc2nnc3ccc(C(=O)NC(C)C)cc3c2n1CC1CCCO1. The zero-order chi connectivity index (χ0) is 18.3. The van der Waals surface area contributed by atoms with Gasteiger partial charge in [0.1, 0.15) is 5.82 Å². The highest BCUT2D eigenvalue weighted by Crippen LogP contribution is 2.26. The van der Waals surface area contributed by atoms with Gasteiger partial charge in [0.15, 0.2) is 0 Å². The summed E-state index contributed by atoms with van der Waals surface area (Å²) in [7, 11) is 0. The van der Waals surface area contributed by atoms with Gasteiger partial charge in [-0.2, -0.15) is 0 Å². The fraction of sp³-hybridized carbons (Fsp3) is 0.474. The van der Waals surface area contributed by atoms with E-state index in [-0.39, 0.29) is 18.1 Å². The first-order valence-electron chi connectivity index (χ1n) is 9.08. The molecule has 1 unspecified atom stereocenters. The molecule has 1 amide bonds. The Morgan fingerprint density at radius 1 is 1.38 bits per heavy atom. The van der Waals surface area contributed by atoms with Crippen LogP contribution in [-0.4, -0.2) is 44.4 Å². The van der Waals surface area contributed by atoms with Crippen molar-refractivity contribution in [3.8, 4) is 0 Å². The molecule has 0 saturated carbocycles. The molecular formula is C19H23N5O2. The standard InChI is InChI=1S/C19H23N5O2/c1-11(2)20-19(25)13-6-7-16-15(9-13)17-18(23-22-16)21-12(3)24(17)10-14-5-4-8-26-14/h6-7,9,11,14H,4-5,8,10H2,1-3H3,(H,20,25). The van der Waals surface area contributed by atoms with Crippen LogP contribution in [0, 0.1) is 6.92 Å². The van der Waals surface area contributed by atoms with Crippen LogP contribution in [-0.2, 0) is 11.3 Å². The molecule has 1 saturated heterocycles. The molecule has 4 rings (SSSR count). The van der Waals surface area contributed by atoms with Crippen molar-refractivity contribution >= 4 is 28.0 Å². The number of ether oxygens (including phenoxy) is 1. The number of carbonyl (C=O) groups excluding carboxylic acids is 1. The fourth-order valence-electron chi connectivity index (χ4n) is 3.50. The van der Waals surface area contributed by atoms with E-state index in [1.54, 1.807) is 6.07 Å². The van der Waals surface area contributed by atoms with Crippen molar-refractivity contribution in [1.82, 2.24) is 25.1 Å². The van der Waals surface area contributed by atoms with Crippen molar-refractivity contribution < 1.29 is 9.53 Å². The minimum atomic E-state index is -0.0891. The predicted molar refractivity (Wildman–Crippen MR) is 99.1 cm³/mol. The molecule has 1 atom stereocenters. The van der Waals surface area contributed by atoms with Gasteiger partial charge in [-0.3, -0.25) is 4.79 Å². The summed E-state index contributed by atoms with van der Waals surface area (Å²) in [5.41, 5.74) is 2.90. The van der Waals surface area contributed by atoms with Gasteiger partial charge in [-0.25, -0.2) is 4.98 Å². The van der Waals surface area contributed by atoms with E-state index in [0.717, 1.165) is 48.2 Å². The van der Waals surface area contributed by atoms with Crippen molar-refractivity contribution in [2.24, 2.45) is 0 Å². The van der Waals surface area contributed by atoms with Crippen molar-refractivity contribution in [2.75, 3.05) is 6.61 Å². The Labute approximate surface area is 151 Å². The lowest BCUT2D eigenvalue weighted by Crippen LogP contribution is -2.30. The van der Waals surface area contributed by atoms with Gasteiger partial charge in [0.2, 0.25) is 5.65 Å². The van der Waals surface area contributed by atoms with E-state index in [9.17, 15) is 4.79 Å². The molecule has 136 valence electrons. The van der Waals surface area contributed by atoms with Crippen LogP contribution in [0.2, 0.25) is 0 Å². The average molecular weight is 353 g/mol. The molecule has 3 aromatic rings. The molecule has 2 aromatic heterocycles. The molecule has 1 aliphatic rings.